The number of carbonyl (C=O) groups is 1. The van der Waals surface area contributed by atoms with Crippen molar-refractivity contribution in [3.63, 3.8) is 0 Å². The molecule has 0 aliphatic heterocycles. The predicted molar refractivity (Wildman–Crippen MR) is 89.0 cm³/mol. The molecule has 1 heterocycles. The number of aromatic nitrogens is 1. The quantitative estimate of drug-likeness (QED) is 0.774. The molecule has 3 rings (SSSR count). The van der Waals surface area contributed by atoms with Gasteiger partial charge in [-0.2, -0.15) is 0 Å². The topological polar surface area (TPSA) is 57.3 Å². The van der Waals surface area contributed by atoms with Crippen LogP contribution in [0.4, 0.5) is 4.79 Å². The maximum atomic E-state index is 12.2. The van der Waals surface area contributed by atoms with Gasteiger partial charge in [-0.15, -0.1) is 11.3 Å². The zero-order valence-corrected chi connectivity index (χ0v) is 14.2. The number of rotatable bonds is 8. The van der Waals surface area contributed by atoms with Gasteiger partial charge in [-0.1, -0.05) is 0 Å². The SMILES string of the molecule is CC(C)N(CCNC(=O)N[C@@H](c1nccs1)C1CC1)C1CC1. The highest BCUT2D eigenvalue weighted by Gasteiger charge is 2.35. The van der Waals surface area contributed by atoms with Crippen LogP contribution in [0, 0.1) is 5.92 Å². The molecule has 1 aromatic rings. The molecule has 2 amide bonds. The van der Waals surface area contributed by atoms with Crippen molar-refractivity contribution in [2.45, 2.75) is 57.7 Å². The second-order valence-electron chi connectivity index (χ2n) is 6.65. The van der Waals surface area contributed by atoms with E-state index >= 15 is 0 Å². The van der Waals surface area contributed by atoms with Gasteiger partial charge in [-0.05, 0) is 45.4 Å². The Hall–Kier alpha value is -1.14. The lowest BCUT2D eigenvalue weighted by atomic mass is 10.2. The predicted octanol–water partition coefficient (Wildman–Crippen LogP) is 2.77. The molecule has 2 fully saturated rings. The number of urea groups is 1. The molecule has 2 aliphatic carbocycles. The van der Waals surface area contributed by atoms with E-state index in [1.807, 2.05) is 11.6 Å². The molecule has 2 aliphatic rings. The van der Waals surface area contributed by atoms with E-state index in [1.54, 1.807) is 11.3 Å². The Kier molecular flexibility index (Phi) is 4.98. The van der Waals surface area contributed by atoms with Gasteiger partial charge < -0.3 is 10.6 Å². The number of nitrogens with one attached hydrogen (secondary N) is 2. The van der Waals surface area contributed by atoms with Gasteiger partial charge in [-0.25, -0.2) is 9.78 Å². The lowest BCUT2D eigenvalue weighted by Crippen LogP contribution is -2.44. The van der Waals surface area contributed by atoms with Crippen LogP contribution < -0.4 is 10.6 Å². The van der Waals surface area contributed by atoms with E-state index in [0.717, 1.165) is 17.6 Å². The van der Waals surface area contributed by atoms with Gasteiger partial charge >= 0.3 is 6.03 Å². The molecule has 1 aromatic heterocycles. The summed E-state index contributed by atoms with van der Waals surface area (Å²) in [5, 5.41) is 9.12. The molecule has 22 heavy (non-hydrogen) atoms. The Morgan fingerprint density at radius 3 is 2.73 bits per heavy atom. The molecule has 2 N–H and O–H groups in total. The minimum absolute atomic E-state index is 0.0633. The summed E-state index contributed by atoms with van der Waals surface area (Å²) >= 11 is 1.62. The minimum Gasteiger partial charge on any atom is -0.337 e. The van der Waals surface area contributed by atoms with Gasteiger partial charge in [0.05, 0.1) is 6.04 Å². The van der Waals surface area contributed by atoms with Crippen molar-refractivity contribution in [2.75, 3.05) is 13.1 Å². The first-order valence-electron chi connectivity index (χ1n) is 8.34. The van der Waals surface area contributed by atoms with Crippen LogP contribution in [0.3, 0.4) is 0 Å². The molecule has 1 atom stereocenters. The third-order valence-corrected chi connectivity index (χ3v) is 5.29. The molecule has 0 spiro atoms. The number of thiazole rings is 1. The lowest BCUT2D eigenvalue weighted by Gasteiger charge is -2.26. The Morgan fingerprint density at radius 1 is 1.41 bits per heavy atom. The van der Waals surface area contributed by atoms with Gasteiger partial charge in [0, 0.05) is 36.8 Å². The Morgan fingerprint density at radius 2 is 2.18 bits per heavy atom. The molecule has 0 radical (unpaired) electrons. The summed E-state index contributed by atoms with van der Waals surface area (Å²) in [7, 11) is 0. The maximum Gasteiger partial charge on any atom is 0.315 e. The number of hydrogen-bond acceptors (Lipinski definition) is 4. The standard InChI is InChI=1S/C16H26N4OS/c1-11(2)20(13-5-6-13)9-7-18-16(21)19-14(12-3-4-12)15-17-8-10-22-15/h8,10-14H,3-7,9H2,1-2H3,(H2,18,19,21)/t14-/m1/s1. The third-order valence-electron chi connectivity index (χ3n) is 4.43. The van der Waals surface area contributed by atoms with Gasteiger partial charge in [0.15, 0.2) is 0 Å². The number of carbonyl (C=O) groups excluding carboxylic acids is 1. The van der Waals surface area contributed by atoms with Crippen molar-refractivity contribution >= 4 is 17.4 Å². The van der Waals surface area contributed by atoms with E-state index < -0.39 is 0 Å². The van der Waals surface area contributed by atoms with E-state index in [-0.39, 0.29) is 12.1 Å². The fraction of sp³-hybridized carbons (Fsp3) is 0.750. The van der Waals surface area contributed by atoms with Crippen molar-refractivity contribution < 1.29 is 4.79 Å². The van der Waals surface area contributed by atoms with Crippen molar-refractivity contribution in [3.05, 3.63) is 16.6 Å². The van der Waals surface area contributed by atoms with Crippen LogP contribution in [0.25, 0.3) is 0 Å². The summed E-state index contributed by atoms with van der Waals surface area (Å²) in [4.78, 5) is 19.0. The smallest absolute Gasteiger partial charge is 0.315 e. The van der Waals surface area contributed by atoms with Gasteiger partial charge in [0.1, 0.15) is 5.01 Å². The van der Waals surface area contributed by atoms with Gasteiger partial charge in [-0.3, -0.25) is 4.90 Å². The molecule has 0 unspecified atom stereocenters. The Labute approximate surface area is 136 Å². The molecule has 0 bridgehead atoms. The largest absolute Gasteiger partial charge is 0.337 e. The monoisotopic (exact) mass is 322 g/mol. The van der Waals surface area contributed by atoms with Crippen LogP contribution in [0.2, 0.25) is 0 Å². The molecular formula is C16H26N4OS. The van der Waals surface area contributed by atoms with Crippen LogP contribution in [0.5, 0.6) is 0 Å². The molecule has 122 valence electrons. The zero-order chi connectivity index (χ0) is 15.5. The second kappa shape index (κ2) is 6.96. The highest BCUT2D eigenvalue weighted by atomic mass is 32.1. The van der Waals surface area contributed by atoms with Crippen LogP contribution >= 0.6 is 11.3 Å². The van der Waals surface area contributed by atoms with Crippen LogP contribution in [-0.2, 0) is 0 Å². The van der Waals surface area contributed by atoms with E-state index in [0.29, 0.717) is 18.5 Å². The van der Waals surface area contributed by atoms with Crippen molar-refractivity contribution in [1.29, 1.82) is 0 Å². The lowest BCUT2D eigenvalue weighted by molar-refractivity contribution is 0.206. The van der Waals surface area contributed by atoms with Gasteiger partial charge in [0.2, 0.25) is 0 Å². The average Bonchev–Trinajstić information content (AvgIpc) is 3.40. The Bertz CT molecular complexity index is 480. The number of hydrogen-bond donors (Lipinski definition) is 2. The summed E-state index contributed by atoms with van der Waals surface area (Å²) < 4.78 is 0. The molecule has 2 saturated carbocycles. The highest BCUT2D eigenvalue weighted by Crippen LogP contribution is 2.41. The first-order chi connectivity index (χ1) is 10.6. The summed E-state index contributed by atoms with van der Waals surface area (Å²) in [5.41, 5.74) is 0. The Balaban J connectivity index is 1.43. The van der Waals surface area contributed by atoms with E-state index in [4.69, 9.17) is 0 Å². The van der Waals surface area contributed by atoms with Crippen molar-refractivity contribution in [3.8, 4) is 0 Å². The average molecular weight is 322 g/mol. The first-order valence-corrected chi connectivity index (χ1v) is 9.22. The molecule has 0 aromatic carbocycles. The molecule has 5 nitrogen and oxygen atoms in total. The van der Waals surface area contributed by atoms with E-state index in [2.05, 4.69) is 34.4 Å². The van der Waals surface area contributed by atoms with Gasteiger partial charge in [0.25, 0.3) is 0 Å². The van der Waals surface area contributed by atoms with E-state index in [1.165, 1.54) is 25.7 Å². The minimum atomic E-state index is -0.0633. The van der Waals surface area contributed by atoms with Crippen LogP contribution in [0.15, 0.2) is 11.6 Å². The van der Waals surface area contributed by atoms with Crippen molar-refractivity contribution in [2.24, 2.45) is 5.92 Å². The molecule has 6 heteroatoms. The fourth-order valence-corrected chi connectivity index (χ4v) is 3.74. The first kappa shape index (κ1) is 15.7. The summed E-state index contributed by atoms with van der Waals surface area (Å²) in [6.07, 6.45) is 6.79. The highest BCUT2D eigenvalue weighted by molar-refractivity contribution is 7.09. The summed E-state index contributed by atoms with van der Waals surface area (Å²) in [6.45, 7) is 6.09. The second-order valence-corrected chi connectivity index (χ2v) is 7.57. The maximum absolute atomic E-state index is 12.2. The van der Waals surface area contributed by atoms with Crippen molar-refractivity contribution in [1.82, 2.24) is 20.5 Å². The van der Waals surface area contributed by atoms with Crippen LogP contribution in [-0.4, -0.2) is 41.1 Å². The normalized spacial score (nSPS) is 19.5. The number of nitrogens with zero attached hydrogens (tertiary/aromatic N) is 2. The zero-order valence-electron chi connectivity index (χ0n) is 13.4. The summed E-state index contributed by atoms with van der Waals surface area (Å²) in [5.74, 6) is 0.565. The fourth-order valence-electron chi connectivity index (χ4n) is 2.96. The molecule has 0 saturated heterocycles. The summed E-state index contributed by atoms with van der Waals surface area (Å²) in [6, 6.07) is 1.31. The third kappa shape index (κ3) is 4.20. The van der Waals surface area contributed by atoms with E-state index in [9.17, 15) is 4.79 Å². The van der Waals surface area contributed by atoms with Crippen LogP contribution in [0.1, 0.15) is 50.6 Å². The number of amides is 2. The molecular weight excluding hydrogens is 296 g/mol.